The van der Waals surface area contributed by atoms with Gasteiger partial charge in [-0.2, -0.15) is 0 Å². The van der Waals surface area contributed by atoms with E-state index in [2.05, 4.69) is 5.32 Å². The number of nitro benzene ring substituents is 1. The highest BCUT2D eigenvalue weighted by molar-refractivity contribution is 5.54. The second-order valence-corrected chi connectivity index (χ2v) is 6.79. The predicted octanol–water partition coefficient (Wildman–Crippen LogP) is 3.45. The summed E-state index contributed by atoms with van der Waals surface area (Å²) >= 11 is 0. The molecule has 1 unspecified atom stereocenters. The molecule has 0 aliphatic carbocycles. The lowest BCUT2D eigenvalue weighted by Gasteiger charge is -2.28. The van der Waals surface area contributed by atoms with Crippen molar-refractivity contribution in [3.63, 3.8) is 0 Å². The Morgan fingerprint density at radius 2 is 1.55 bits per heavy atom. The van der Waals surface area contributed by atoms with Gasteiger partial charge in [0.25, 0.3) is 5.69 Å². The van der Waals surface area contributed by atoms with Gasteiger partial charge in [-0.1, -0.05) is 0 Å². The van der Waals surface area contributed by atoms with Crippen LogP contribution in [-0.2, 0) is 12.8 Å². The number of ether oxygens (including phenoxy) is 4. The lowest BCUT2D eigenvalue weighted by Crippen LogP contribution is -2.30. The summed E-state index contributed by atoms with van der Waals surface area (Å²) in [6.45, 7) is 0.835. The van der Waals surface area contributed by atoms with Crippen LogP contribution in [0.3, 0.4) is 0 Å². The van der Waals surface area contributed by atoms with Crippen molar-refractivity contribution in [2.45, 2.75) is 25.3 Å². The van der Waals surface area contributed by atoms with Gasteiger partial charge in [0.15, 0.2) is 23.0 Å². The van der Waals surface area contributed by atoms with Crippen molar-refractivity contribution in [3.05, 3.63) is 51.1 Å². The number of aryl methyl sites for hydroxylation is 1. The van der Waals surface area contributed by atoms with E-state index in [1.54, 1.807) is 20.3 Å². The molecule has 0 saturated carbocycles. The van der Waals surface area contributed by atoms with Crippen molar-refractivity contribution >= 4 is 5.69 Å². The van der Waals surface area contributed by atoms with Gasteiger partial charge in [-0.05, 0) is 55.1 Å². The van der Waals surface area contributed by atoms with Gasteiger partial charge in [0.2, 0.25) is 0 Å². The maximum Gasteiger partial charge on any atom is 0.276 e. The zero-order chi connectivity index (χ0) is 21.0. The molecule has 0 aromatic heterocycles. The smallest absolute Gasteiger partial charge is 0.276 e. The maximum atomic E-state index is 11.6. The van der Waals surface area contributed by atoms with E-state index in [4.69, 9.17) is 18.9 Å². The number of nitro groups is 1. The number of nitrogens with one attached hydrogen (secondary N) is 1. The summed E-state index contributed by atoms with van der Waals surface area (Å²) in [5, 5.41) is 15.1. The number of nitrogens with zero attached hydrogens (tertiary/aromatic N) is 1. The van der Waals surface area contributed by atoms with Crippen LogP contribution >= 0.6 is 0 Å². The molecule has 1 aliphatic rings. The minimum Gasteiger partial charge on any atom is -0.493 e. The number of fused-ring (bicyclic) bond motifs is 1. The van der Waals surface area contributed by atoms with Gasteiger partial charge in [-0.3, -0.25) is 10.1 Å². The van der Waals surface area contributed by atoms with Crippen LogP contribution < -0.4 is 24.3 Å². The fourth-order valence-corrected chi connectivity index (χ4v) is 3.81. The number of benzene rings is 2. The molecule has 0 spiro atoms. The molecule has 1 heterocycles. The zero-order valence-electron chi connectivity index (χ0n) is 17.1. The van der Waals surface area contributed by atoms with Gasteiger partial charge in [0.1, 0.15) is 0 Å². The summed E-state index contributed by atoms with van der Waals surface area (Å²) in [6.07, 6.45) is 2.10. The molecule has 3 rings (SSSR count). The molecule has 0 amide bonds. The normalized spacial score (nSPS) is 15.4. The zero-order valence-corrected chi connectivity index (χ0v) is 17.1. The Hall–Kier alpha value is -3.00. The van der Waals surface area contributed by atoms with Crippen LogP contribution in [0.5, 0.6) is 23.0 Å². The SMILES string of the molecule is COc1cc2c(cc1OC)C(CCc1cc(OC)c(OC)cc1[N+](=O)[O-])NCC2. The van der Waals surface area contributed by atoms with Crippen LogP contribution in [0.4, 0.5) is 5.69 Å². The van der Waals surface area contributed by atoms with Crippen molar-refractivity contribution < 1.29 is 23.9 Å². The molecule has 0 bridgehead atoms. The summed E-state index contributed by atoms with van der Waals surface area (Å²) in [7, 11) is 6.22. The summed E-state index contributed by atoms with van der Waals surface area (Å²) in [5.74, 6) is 2.22. The quantitative estimate of drug-likeness (QED) is 0.534. The number of hydrogen-bond donors (Lipinski definition) is 1. The Balaban J connectivity index is 1.89. The van der Waals surface area contributed by atoms with Gasteiger partial charge in [-0.25, -0.2) is 0 Å². The molecule has 29 heavy (non-hydrogen) atoms. The largest absolute Gasteiger partial charge is 0.493 e. The van der Waals surface area contributed by atoms with Crippen molar-refractivity contribution in [1.82, 2.24) is 5.32 Å². The van der Waals surface area contributed by atoms with E-state index >= 15 is 0 Å². The highest BCUT2D eigenvalue weighted by atomic mass is 16.6. The molecule has 1 aliphatic heterocycles. The first kappa shape index (κ1) is 20.7. The summed E-state index contributed by atoms with van der Waals surface area (Å²) in [4.78, 5) is 11.2. The van der Waals surface area contributed by atoms with Crippen molar-refractivity contribution in [1.29, 1.82) is 0 Å². The summed E-state index contributed by atoms with van der Waals surface area (Å²) in [6, 6.07) is 7.18. The van der Waals surface area contributed by atoms with E-state index in [0.29, 0.717) is 41.4 Å². The maximum absolute atomic E-state index is 11.6. The molecule has 1 N–H and O–H groups in total. The minimum atomic E-state index is -0.382. The fraction of sp³-hybridized carbons (Fsp3) is 0.429. The van der Waals surface area contributed by atoms with Gasteiger partial charge in [0, 0.05) is 11.6 Å². The molecular weight excluding hydrogens is 376 g/mol. The van der Waals surface area contributed by atoms with Crippen LogP contribution in [0, 0.1) is 10.1 Å². The highest BCUT2D eigenvalue weighted by Gasteiger charge is 2.25. The molecule has 2 aromatic rings. The Bertz CT molecular complexity index is 899. The Morgan fingerprint density at radius 1 is 0.966 bits per heavy atom. The minimum absolute atomic E-state index is 0.0333. The average Bonchev–Trinajstić information content (AvgIpc) is 2.75. The molecule has 2 aromatic carbocycles. The second kappa shape index (κ2) is 9.00. The Kier molecular flexibility index (Phi) is 6.43. The first-order chi connectivity index (χ1) is 14.0. The lowest BCUT2D eigenvalue weighted by molar-refractivity contribution is -0.385. The van der Waals surface area contributed by atoms with Crippen molar-refractivity contribution in [2.75, 3.05) is 35.0 Å². The Labute approximate surface area is 169 Å². The predicted molar refractivity (Wildman–Crippen MR) is 109 cm³/mol. The van der Waals surface area contributed by atoms with Crippen LogP contribution in [-0.4, -0.2) is 39.9 Å². The van der Waals surface area contributed by atoms with Crippen LogP contribution in [0.25, 0.3) is 0 Å². The molecule has 0 fully saturated rings. The third-order valence-corrected chi connectivity index (χ3v) is 5.29. The van der Waals surface area contributed by atoms with Crippen molar-refractivity contribution in [2.24, 2.45) is 0 Å². The fourth-order valence-electron chi connectivity index (χ4n) is 3.81. The van der Waals surface area contributed by atoms with Crippen LogP contribution in [0.1, 0.15) is 29.2 Å². The summed E-state index contributed by atoms with van der Waals surface area (Å²) < 4.78 is 21.4. The number of rotatable bonds is 8. The number of hydrogen-bond acceptors (Lipinski definition) is 7. The molecule has 156 valence electrons. The third kappa shape index (κ3) is 4.22. The molecular formula is C21H26N2O6. The van der Waals surface area contributed by atoms with E-state index < -0.39 is 0 Å². The van der Waals surface area contributed by atoms with E-state index in [1.807, 2.05) is 12.1 Å². The monoisotopic (exact) mass is 402 g/mol. The van der Waals surface area contributed by atoms with E-state index in [1.165, 1.54) is 25.8 Å². The number of methoxy groups -OCH3 is 4. The Morgan fingerprint density at radius 3 is 2.17 bits per heavy atom. The first-order valence-electron chi connectivity index (χ1n) is 9.39. The lowest BCUT2D eigenvalue weighted by atomic mass is 9.89. The third-order valence-electron chi connectivity index (χ3n) is 5.29. The second-order valence-electron chi connectivity index (χ2n) is 6.79. The summed E-state index contributed by atoms with van der Waals surface area (Å²) in [5.41, 5.74) is 2.98. The average molecular weight is 402 g/mol. The van der Waals surface area contributed by atoms with Crippen LogP contribution in [0.15, 0.2) is 24.3 Å². The first-order valence-corrected chi connectivity index (χ1v) is 9.39. The molecule has 0 radical (unpaired) electrons. The van der Waals surface area contributed by atoms with Crippen molar-refractivity contribution in [3.8, 4) is 23.0 Å². The molecule has 8 nitrogen and oxygen atoms in total. The molecule has 8 heteroatoms. The van der Waals surface area contributed by atoms with Crippen LogP contribution in [0.2, 0.25) is 0 Å². The van der Waals surface area contributed by atoms with E-state index in [0.717, 1.165) is 18.5 Å². The van der Waals surface area contributed by atoms with Gasteiger partial charge >= 0.3 is 0 Å². The topological polar surface area (TPSA) is 92.1 Å². The van der Waals surface area contributed by atoms with Gasteiger partial charge < -0.3 is 24.3 Å². The van der Waals surface area contributed by atoms with Gasteiger partial charge in [-0.15, -0.1) is 0 Å². The highest BCUT2D eigenvalue weighted by Crippen LogP contribution is 2.38. The standard InChI is InChI=1S/C21H26N2O6/c1-26-18-9-13-7-8-22-16(15(13)11-20(18)28-3)6-5-14-10-19(27-2)21(29-4)12-17(14)23(24)25/h9-12,16,22H,5-8H2,1-4H3. The molecule has 1 atom stereocenters. The van der Waals surface area contributed by atoms with E-state index in [9.17, 15) is 10.1 Å². The molecule has 0 saturated heterocycles. The van der Waals surface area contributed by atoms with E-state index in [-0.39, 0.29) is 16.7 Å². The van der Waals surface area contributed by atoms with Gasteiger partial charge in [0.05, 0.1) is 39.4 Å².